The average Bonchev–Trinajstić information content (AvgIpc) is 2.77. The van der Waals surface area contributed by atoms with E-state index >= 15 is 0 Å². The SMILES string of the molecule is CC(NC1CCC(=O)N(C)C1)c1cccs1. The lowest BCUT2D eigenvalue weighted by atomic mass is 10.0. The molecule has 1 aliphatic heterocycles. The fraction of sp³-hybridized carbons (Fsp3) is 0.583. The van der Waals surface area contributed by atoms with E-state index < -0.39 is 0 Å². The Morgan fingerprint density at radius 2 is 2.44 bits per heavy atom. The molecule has 2 atom stereocenters. The summed E-state index contributed by atoms with van der Waals surface area (Å²) >= 11 is 1.78. The highest BCUT2D eigenvalue weighted by atomic mass is 32.1. The molecule has 0 spiro atoms. The van der Waals surface area contributed by atoms with Crippen molar-refractivity contribution in [3.8, 4) is 0 Å². The topological polar surface area (TPSA) is 32.3 Å². The zero-order valence-corrected chi connectivity index (χ0v) is 10.6. The van der Waals surface area contributed by atoms with Gasteiger partial charge < -0.3 is 10.2 Å². The third-order valence-corrected chi connectivity index (χ3v) is 4.14. The van der Waals surface area contributed by atoms with Crippen molar-refractivity contribution in [2.45, 2.75) is 31.8 Å². The molecule has 1 amide bonds. The highest BCUT2D eigenvalue weighted by Gasteiger charge is 2.24. The molecule has 1 aromatic rings. The lowest BCUT2D eigenvalue weighted by Gasteiger charge is -2.32. The number of hydrogen-bond donors (Lipinski definition) is 1. The number of carbonyl (C=O) groups excluding carboxylic acids is 1. The first-order valence-corrected chi connectivity index (χ1v) is 6.58. The van der Waals surface area contributed by atoms with E-state index in [2.05, 4.69) is 29.8 Å². The quantitative estimate of drug-likeness (QED) is 0.873. The van der Waals surface area contributed by atoms with Gasteiger partial charge in [-0.25, -0.2) is 0 Å². The predicted octanol–water partition coefficient (Wildman–Crippen LogP) is 2.02. The van der Waals surface area contributed by atoms with Gasteiger partial charge in [0.05, 0.1) is 0 Å². The van der Waals surface area contributed by atoms with Crippen LogP contribution >= 0.6 is 11.3 Å². The number of thiophene rings is 1. The van der Waals surface area contributed by atoms with Crippen molar-refractivity contribution in [3.05, 3.63) is 22.4 Å². The minimum atomic E-state index is 0.266. The summed E-state index contributed by atoms with van der Waals surface area (Å²) in [6.07, 6.45) is 1.63. The molecule has 88 valence electrons. The number of likely N-dealkylation sites (tertiary alicyclic amines) is 1. The van der Waals surface area contributed by atoms with Crippen LogP contribution < -0.4 is 5.32 Å². The van der Waals surface area contributed by atoms with Crippen LogP contribution in [0.1, 0.15) is 30.7 Å². The molecule has 2 heterocycles. The number of piperidine rings is 1. The van der Waals surface area contributed by atoms with E-state index in [1.54, 1.807) is 11.3 Å². The number of likely N-dealkylation sites (N-methyl/N-ethyl adjacent to an activating group) is 1. The summed E-state index contributed by atoms with van der Waals surface area (Å²) < 4.78 is 0. The molecule has 0 bridgehead atoms. The molecule has 1 saturated heterocycles. The van der Waals surface area contributed by atoms with Crippen molar-refractivity contribution in [1.82, 2.24) is 10.2 Å². The molecule has 0 aliphatic carbocycles. The third kappa shape index (κ3) is 2.62. The monoisotopic (exact) mass is 238 g/mol. The lowest BCUT2D eigenvalue weighted by Crippen LogP contribution is -2.47. The summed E-state index contributed by atoms with van der Waals surface area (Å²) in [6, 6.07) is 5.04. The highest BCUT2D eigenvalue weighted by molar-refractivity contribution is 7.10. The molecule has 0 radical (unpaired) electrons. The molecule has 4 heteroatoms. The van der Waals surface area contributed by atoms with Gasteiger partial charge in [-0.1, -0.05) is 6.07 Å². The summed E-state index contributed by atoms with van der Waals surface area (Å²) in [5.41, 5.74) is 0. The molecule has 3 nitrogen and oxygen atoms in total. The van der Waals surface area contributed by atoms with Crippen LogP contribution in [-0.4, -0.2) is 30.4 Å². The maximum absolute atomic E-state index is 11.4. The molecule has 1 fully saturated rings. The Labute approximate surface area is 100 Å². The minimum Gasteiger partial charge on any atom is -0.344 e. The van der Waals surface area contributed by atoms with Crippen LogP contribution in [0, 0.1) is 0 Å². The molecule has 1 aromatic heterocycles. The van der Waals surface area contributed by atoms with Crippen LogP contribution in [0.5, 0.6) is 0 Å². The highest BCUT2D eigenvalue weighted by Crippen LogP contribution is 2.20. The number of carbonyl (C=O) groups is 1. The van der Waals surface area contributed by atoms with Crippen molar-refractivity contribution in [3.63, 3.8) is 0 Å². The van der Waals surface area contributed by atoms with Crippen LogP contribution in [0.3, 0.4) is 0 Å². The van der Waals surface area contributed by atoms with Crippen LogP contribution in [-0.2, 0) is 4.79 Å². The van der Waals surface area contributed by atoms with Gasteiger partial charge in [0.1, 0.15) is 0 Å². The number of hydrogen-bond acceptors (Lipinski definition) is 3. The van der Waals surface area contributed by atoms with Gasteiger partial charge in [-0.05, 0) is 24.8 Å². The van der Waals surface area contributed by atoms with E-state index in [-0.39, 0.29) is 5.91 Å². The van der Waals surface area contributed by atoms with Gasteiger partial charge in [0.15, 0.2) is 0 Å². The molecule has 0 aromatic carbocycles. The summed E-state index contributed by atoms with van der Waals surface area (Å²) in [4.78, 5) is 14.5. The van der Waals surface area contributed by atoms with Gasteiger partial charge >= 0.3 is 0 Å². The summed E-state index contributed by atoms with van der Waals surface area (Å²) in [5.74, 6) is 0.266. The fourth-order valence-corrected chi connectivity index (χ4v) is 2.87. The van der Waals surface area contributed by atoms with Gasteiger partial charge in [0.2, 0.25) is 5.91 Å². The Bertz CT molecular complexity index is 350. The van der Waals surface area contributed by atoms with E-state index in [1.165, 1.54) is 4.88 Å². The van der Waals surface area contributed by atoms with E-state index in [4.69, 9.17) is 0 Å². The number of amides is 1. The summed E-state index contributed by atoms with van der Waals surface area (Å²) in [5, 5.41) is 5.69. The van der Waals surface area contributed by atoms with Crippen molar-refractivity contribution in [1.29, 1.82) is 0 Å². The number of rotatable bonds is 3. The normalized spacial score (nSPS) is 23.5. The Morgan fingerprint density at radius 1 is 1.62 bits per heavy atom. The summed E-state index contributed by atoms with van der Waals surface area (Å²) in [6.45, 7) is 3.01. The van der Waals surface area contributed by atoms with Gasteiger partial charge in [-0.2, -0.15) is 0 Å². The maximum atomic E-state index is 11.4. The van der Waals surface area contributed by atoms with Crippen LogP contribution in [0.25, 0.3) is 0 Å². The lowest BCUT2D eigenvalue weighted by molar-refractivity contribution is -0.132. The molecule has 16 heavy (non-hydrogen) atoms. The Morgan fingerprint density at radius 3 is 3.06 bits per heavy atom. The Balaban J connectivity index is 1.88. The Hall–Kier alpha value is -0.870. The molecule has 0 saturated carbocycles. The Kier molecular flexibility index (Phi) is 3.61. The van der Waals surface area contributed by atoms with E-state index in [1.807, 2.05) is 11.9 Å². The third-order valence-electron chi connectivity index (χ3n) is 3.08. The zero-order valence-electron chi connectivity index (χ0n) is 9.77. The van der Waals surface area contributed by atoms with Crippen molar-refractivity contribution in [2.24, 2.45) is 0 Å². The van der Waals surface area contributed by atoms with Gasteiger partial charge in [-0.3, -0.25) is 4.79 Å². The molecule has 2 rings (SSSR count). The van der Waals surface area contributed by atoms with Crippen LogP contribution in [0.15, 0.2) is 17.5 Å². The number of nitrogens with zero attached hydrogens (tertiary/aromatic N) is 1. The molecular formula is C12H18N2OS. The predicted molar refractivity (Wildman–Crippen MR) is 66.5 cm³/mol. The van der Waals surface area contributed by atoms with E-state index in [0.717, 1.165) is 13.0 Å². The second-order valence-electron chi connectivity index (χ2n) is 4.41. The molecule has 1 N–H and O–H groups in total. The van der Waals surface area contributed by atoms with E-state index in [9.17, 15) is 4.79 Å². The van der Waals surface area contributed by atoms with Crippen LogP contribution in [0.4, 0.5) is 0 Å². The zero-order chi connectivity index (χ0) is 11.5. The first-order chi connectivity index (χ1) is 7.66. The first-order valence-electron chi connectivity index (χ1n) is 5.70. The maximum Gasteiger partial charge on any atom is 0.222 e. The van der Waals surface area contributed by atoms with Gasteiger partial charge in [0.25, 0.3) is 0 Å². The second-order valence-corrected chi connectivity index (χ2v) is 5.39. The largest absolute Gasteiger partial charge is 0.344 e. The minimum absolute atomic E-state index is 0.266. The fourth-order valence-electron chi connectivity index (χ4n) is 2.12. The first kappa shape index (κ1) is 11.6. The van der Waals surface area contributed by atoms with E-state index in [0.29, 0.717) is 18.5 Å². The standard InChI is InChI=1S/C12H18N2OS/c1-9(11-4-3-7-16-11)13-10-5-6-12(15)14(2)8-10/h3-4,7,9-10,13H,5-6,8H2,1-2H3. The van der Waals surface area contributed by atoms with Gasteiger partial charge in [-0.15, -0.1) is 11.3 Å². The van der Waals surface area contributed by atoms with Crippen molar-refractivity contribution < 1.29 is 4.79 Å². The molecular weight excluding hydrogens is 220 g/mol. The molecule has 2 unspecified atom stereocenters. The van der Waals surface area contributed by atoms with Crippen molar-refractivity contribution in [2.75, 3.05) is 13.6 Å². The smallest absolute Gasteiger partial charge is 0.222 e. The summed E-state index contributed by atoms with van der Waals surface area (Å²) in [7, 11) is 1.88. The van der Waals surface area contributed by atoms with Crippen LogP contribution in [0.2, 0.25) is 0 Å². The average molecular weight is 238 g/mol. The van der Waals surface area contributed by atoms with Gasteiger partial charge in [0, 0.05) is 37.0 Å². The second kappa shape index (κ2) is 4.97. The molecule has 1 aliphatic rings. The number of nitrogens with one attached hydrogen (secondary N) is 1. The van der Waals surface area contributed by atoms with Crippen molar-refractivity contribution >= 4 is 17.2 Å².